The fourth-order valence-electron chi connectivity index (χ4n) is 2.02. The molecule has 8 heteroatoms. The molecule has 1 amide bonds. The van der Waals surface area contributed by atoms with Gasteiger partial charge in [0.05, 0.1) is 7.11 Å². The first-order chi connectivity index (χ1) is 9.28. The van der Waals surface area contributed by atoms with Gasteiger partial charge in [0, 0.05) is 17.5 Å². The van der Waals surface area contributed by atoms with Crippen LogP contribution in [0.5, 0.6) is 0 Å². The maximum Gasteiger partial charge on any atom is 0.411 e. The van der Waals surface area contributed by atoms with Crippen molar-refractivity contribution in [2.24, 2.45) is 5.11 Å². The molecule has 0 radical (unpaired) electrons. The van der Waals surface area contributed by atoms with Gasteiger partial charge in [0.15, 0.2) is 0 Å². The van der Waals surface area contributed by atoms with E-state index in [2.05, 4.69) is 10.0 Å². The SMILES string of the molecule is COC(=O)[C@@H]1C[C@@H](N=[N+]=[N-])CCN1C(=O)OC(C)(C)C. The Morgan fingerprint density at radius 1 is 1.40 bits per heavy atom. The summed E-state index contributed by atoms with van der Waals surface area (Å²) in [6, 6.07) is -1.10. The Labute approximate surface area is 117 Å². The monoisotopic (exact) mass is 284 g/mol. The molecule has 1 fully saturated rings. The number of azide groups is 1. The lowest BCUT2D eigenvalue weighted by Gasteiger charge is -2.37. The number of ether oxygens (including phenoxy) is 2. The van der Waals surface area contributed by atoms with Crippen LogP contribution in [0.15, 0.2) is 5.11 Å². The van der Waals surface area contributed by atoms with Crippen molar-refractivity contribution in [1.29, 1.82) is 0 Å². The predicted octanol–water partition coefficient (Wildman–Crippen LogP) is 2.24. The number of carbonyl (C=O) groups is 2. The summed E-state index contributed by atoms with van der Waals surface area (Å²) in [6.07, 6.45) is 0.180. The van der Waals surface area contributed by atoms with Gasteiger partial charge in [-0.2, -0.15) is 0 Å². The van der Waals surface area contributed by atoms with Crippen LogP contribution in [0.1, 0.15) is 33.6 Å². The minimum atomic E-state index is -0.779. The van der Waals surface area contributed by atoms with Gasteiger partial charge >= 0.3 is 12.1 Å². The van der Waals surface area contributed by atoms with Crippen LogP contribution in [-0.4, -0.2) is 48.3 Å². The molecule has 1 aliphatic rings. The highest BCUT2D eigenvalue weighted by Crippen LogP contribution is 2.23. The van der Waals surface area contributed by atoms with Crippen molar-refractivity contribution < 1.29 is 19.1 Å². The summed E-state index contributed by atoms with van der Waals surface area (Å²) in [5, 5.41) is 3.61. The predicted molar refractivity (Wildman–Crippen MR) is 70.9 cm³/mol. The second-order valence-corrected chi connectivity index (χ2v) is 5.60. The number of carbonyl (C=O) groups excluding carboxylic acids is 2. The molecule has 8 nitrogen and oxygen atoms in total. The highest BCUT2D eigenvalue weighted by molar-refractivity contribution is 5.81. The van der Waals surface area contributed by atoms with E-state index in [0.717, 1.165) is 0 Å². The smallest absolute Gasteiger partial charge is 0.411 e. The molecule has 112 valence electrons. The summed E-state index contributed by atoms with van der Waals surface area (Å²) in [5.41, 5.74) is 7.83. The molecular formula is C12H20N4O4. The highest BCUT2D eigenvalue weighted by Gasteiger charge is 2.38. The zero-order chi connectivity index (χ0) is 15.3. The molecule has 0 aromatic carbocycles. The van der Waals surface area contributed by atoms with E-state index in [4.69, 9.17) is 15.0 Å². The topological polar surface area (TPSA) is 105 Å². The summed E-state index contributed by atoms with van der Waals surface area (Å²) in [5.74, 6) is -0.534. The van der Waals surface area contributed by atoms with Gasteiger partial charge in [-0.25, -0.2) is 9.59 Å². The summed E-state index contributed by atoms with van der Waals surface area (Å²) >= 11 is 0. The van der Waals surface area contributed by atoms with Gasteiger partial charge in [0.2, 0.25) is 0 Å². The molecule has 0 bridgehead atoms. The zero-order valence-electron chi connectivity index (χ0n) is 12.2. The molecule has 1 aliphatic heterocycles. The fourth-order valence-corrected chi connectivity index (χ4v) is 2.02. The second kappa shape index (κ2) is 6.47. The molecule has 0 saturated carbocycles. The number of rotatable bonds is 2. The third kappa shape index (κ3) is 4.31. The Bertz CT molecular complexity index is 426. The van der Waals surface area contributed by atoms with Gasteiger partial charge in [-0.05, 0) is 39.1 Å². The largest absolute Gasteiger partial charge is 0.467 e. The second-order valence-electron chi connectivity index (χ2n) is 5.60. The van der Waals surface area contributed by atoms with E-state index in [9.17, 15) is 9.59 Å². The number of piperidine rings is 1. The molecule has 1 rings (SSSR count). The van der Waals surface area contributed by atoms with Crippen LogP contribution in [0.3, 0.4) is 0 Å². The molecular weight excluding hydrogens is 264 g/mol. The van der Waals surface area contributed by atoms with E-state index >= 15 is 0 Å². The molecule has 1 heterocycles. The number of nitrogens with zero attached hydrogens (tertiary/aromatic N) is 4. The molecule has 2 atom stereocenters. The van der Waals surface area contributed by atoms with E-state index < -0.39 is 23.7 Å². The number of hydrogen-bond donors (Lipinski definition) is 0. The lowest BCUT2D eigenvalue weighted by Crippen LogP contribution is -2.52. The number of methoxy groups -OCH3 is 1. The third-order valence-electron chi connectivity index (χ3n) is 2.89. The molecule has 0 aromatic rings. The first-order valence-electron chi connectivity index (χ1n) is 6.40. The Balaban J connectivity index is 2.85. The standard InChI is InChI=1S/C12H20N4O4/c1-12(2,3)20-11(18)16-6-5-8(14-15-13)7-9(16)10(17)19-4/h8-9H,5-7H2,1-4H3/t8-,9-/m0/s1. The van der Waals surface area contributed by atoms with Crippen molar-refractivity contribution in [3.05, 3.63) is 10.4 Å². The van der Waals surface area contributed by atoms with Gasteiger partial charge in [-0.3, -0.25) is 4.90 Å². The number of esters is 1. The quantitative estimate of drug-likeness (QED) is 0.335. The molecule has 0 aliphatic carbocycles. The third-order valence-corrected chi connectivity index (χ3v) is 2.89. The summed E-state index contributed by atoms with van der Waals surface area (Å²) in [4.78, 5) is 28.0. The number of likely N-dealkylation sites (tertiary alicyclic amines) is 1. The van der Waals surface area contributed by atoms with Crippen LogP contribution in [0.4, 0.5) is 4.79 Å². The molecule has 0 unspecified atom stereocenters. The average molecular weight is 284 g/mol. The van der Waals surface area contributed by atoms with Crippen molar-refractivity contribution in [2.75, 3.05) is 13.7 Å². The summed E-state index contributed by atoms with van der Waals surface area (Å²) < 4.78 is 9.98. The molecule has 0 spiro atoms. The van der Waals surface area contributed by atoms with Crippen molar-refractivity contribution in [1.82, 2.24) is 4.90 Å². The molecule has 0 aromatic heterocycles. The van der Waals surface area contributed by atoms with Gasteiger partial charge in [0.25, 0.3) is 0 Å². The van der Waals surface area contributed by atoms with Crippen molar-refractivity contribution >= 4 is 12.1 Å². The molecule has 0 N–H and O–H groups in total. The minimum Gasteiger partial charge on any atom is -0.467 e. The average Bonchev–Trinajstić information content (AvgIpc) is 2.36. The van der Waals surface area contributed by atoms with E-state index in [-0.39, 0.29) is 12.5 Å². The van der Waals surface area contributed by atoms with Crippen LogP contribution >= 0.6 is 0 Å². The van der Waals surface area contributed by atoms with Crippen LogP contribution in [-0.2, 0) is 14.3 Å². The zero-order valence-corrected chi connectivity index (χ0v) is 12.2. The summed E-state index contributed by atoms with van der Waals surface area (Å²) in [6.45, 7) is 5.55. The van der Waals surface area contributed by atoms with E-state index in [1.165, 1.54) is 12.0 Å². The van der Waals surface area contributed by atoms with Gasteiger partial charge < -0.3 is 9.47 Å². The fraction of sp³-hybridized carbons (Fsp3) is 0.833. The lowest BCUT2D eigenvalue weighted by atomic mass is 9.98. The van der Waals surface area contributed by atoms with Crippen LogP contribution in [0, 0.1) is 0 Å². The van der Waals surface area contributed by atoms with E-state index in [1.807, 2.05) is 0 Å². The summed E-state index contributed by atoms with van der Waals surface area (Å²) in [7, 11) is 1.26. The molecule has 20 heavy (non-hydrogen) atoms. The van der Waals surface area contributed by atoms with E-state index in [0.29, 0.717) is 13.0 Å². The number of amides is 1. The lowest BCUT2D eigenvalue weighted by molar-refractivity contribution is -0.148. The number of hydrogen-bond acceptors (Lipinski definition) is 5. The Morgan fingerprint density at radius 2 is 2.05 bits per heavy atom. The van der Waals surface area contributed by atoms with Crippen LogP contribution < -0.4 is 0 Å². The maximum absolute atomic E-state index is 12.1. The Morgan fingerprint density at radius 3 is 2.55 bits per heavy atom. The normalized spacial score (nSPS) is 22.7. The molecule has 1 saturated heterocycles. The maximum atomic E-state index is 12.1. The van der Waals surface area contributed by atoms with E-state index in [1.54, 1.807) is 20.8 Å². The Kier molecular flexibility index (Phi) is 5.21. The van der Waals surface area contributed by atoms with Crippen molar-refractivity contribution in [3.8, 4) is 0 Å². The van der Waals surface area contributed by atoms with Crippen molar-refractivity contribution in [3.63, 3.8) is 0 Å². The first-order valence-corrected chi connectivity index (χ1v) is 6.40. The van der Waals surface area contributed by atoms with Gasteiger partial charge in [-0.1, -0.05) is 5.11 Å². The highest BCUT2D eigenvalue weighted by atomic mass is 16.6. The van der Waals surface area contributed by atoms with Crippen LogP contribution in [0.2, 0.25) is 0 Å². The van der Waals surface area contributed by atoms with Crippen molar-refractivity contribution in [2.45, 2.75) is 51.3 Å². The Hall–Kier alpha value is -1.95. The van der Waals surface area contributed by atoms with Crippen LogP contribution in [0.25, 0.3) is 10.4 Å². The van der Waals surface area contributed by atoms with Gasteiger partial charge in [-0.15, -0.1) is 0 Å². The minimum absolute atomic E-state index is 0.246. The van der Waals surface area contributed by atoms with Gasteiger partial charge in [0.1, 0.15) is 11.6 Å². The first kappa shape index (κ1) is 16.1.